The molecule has 0 amide bonds. The van der Waals surface area contributed by atoms with E-state index in [2.05, 4.69) is 20.6 Å². The van der Waals surface area contributed by atoms with Crippen molar-refractivity contribution in [2.75, 3.05) is 19.0 Å². The van der Waals surface area contributed by atoms with Gasteiger partial charge >= 0.3 is 0 Å². The number of nitrogens with one attached hydrogen (secondary N) is 3. The second-order valence-corrected chi connectivity index (χ2v) is 4.33. The Morgan fingerprint density at radius 2 is 2.16 bits per heavy atom. The van der Waals surface area contributed by atoms with E-state index in [0.717, 1.165) is 18.7 Å². The third-order valence-corrected chi connectivity index (χ3v) is 2.83. The predicted molar refractivity (Wildman–Crippen MR) is 79.5 cm³/mol. The van der Waals surface area contributed by atoms with E-state index in [1.807, 2.05) is 24.3 Å². The first kappa shape index (κ1) is 13.4. The number of ether oxygens (including phenoxy) is 1. The van der Waals surface area contributed by atoms with Crippen molar-refractivity contribution in [3.8, 4) is 5.75 Å². The molecule has 0 unspecified atom stereocenters. The summed E-state index contributed by atoms with van der Waals surface area (Å²) in [4.78, 5) is 6.96. The van der Waals surface area contributed by atoms with Crippen molar-refractivity contribution in [2.45, 2.75) is 6.42 Å². The van der Waals surface area contributed by atoms with Crippen molar-refractivity contribution in [1.29, 1.82) is 0 Å². The molecule has 0 spiro atoms. The highest BCUT2D eigenvalue weighted by atomic mass is 32.1. The molecule has 0 bridgehead atoms. The summed E-state index contributed by atoms with van der Waals surface area (Å²) in [5.41, 5.74) is 1.23. The highest BCUT2D eigenvalue weighted by Gasteiger charge is 1.99. The van der Waals surface area contributed by atoms with Crippen molar-refractivity contribution in [3.05, 3.63) is 42.2 Å². The van der Waals surface area contributed by atoms with Gasteiger partial charge in [0.25, 0.3) is 0 Å². The number of anilines is 1. The van der Waals surface area contributed by atoms with E-state index in [4.69, 9.17) is 17.0 Å². The van der Waals surface area contributed by atoms with Crippen molar-refractivity contribution in [2.24, 2.45) is 0 Å². The number of benzene rings is 1. The van der Waals surface area contributed by atoms with Crippen LogP contribution in [0.25, 0.3) is 0 Å². The Morgan fingerprint density at radius 1 is 1.37 bits per heavy atom. The molecule has 0 aliphatic rings. The van der Waals surface area contributed by atoms with E-state index in [-0.39, 0.29) is 0 Å². The third-order valence-electron chi connectivity index (χ3n) is 2.59. The van der Waals surface area contributed by atoms with Gasteiger partial charge in [0.05, 0.1) is 7.11 Å². The Labute approximate surface area is 117 Å². The summed E-state index contributed by atoms with van der Waals surface area (Å²) in [6.07, 6.45) is 4.30. The first-order valence-electron chi connectivity index (χ1n) is 5.95. The normalized spacial score (nSPS) is 9.95. The Morgan fingerprint density at radius 3 is 2.79 bits per heavy atom. The predicted octanol–water partition coefficient (Wildman–Crippen LogP) is 1.95. The number of hydrogen-bond donors (Lipinski definition) is 3. The summed E-state index contributed by atoms with van der Waals surface area (Å²) in [6.45, 7) is 0.763. The van der Waals surface area contributed by atoms with E-state index < -0.39 is 0 Å². The molecule has 6 heteroatoms. The second-order valence-electron chi connectivity index (χ2n) is 3.92. The second kappa shape index (κ2) is 6.75. The SMILES string of the molecule is COc1ccc(CCNC(=S)Nc2ncc[nH]2)cc1. The summed E-state index contributed by atoms with van der Waals surface area (Å²) < 4.78 is 5.11. The molecule has 0 atom stereocenters. The Hall–Kier alpha value is -2.08. The first-order valence-corrected chi connectivity index (χ1v) is 6.36. The zero-order valence-corrected chi connectivity index (χ0v) is 11.5. The molecule has 0 saturated carbocycles. The van der Waals surface area contributed by atoms with E-state index in [1.165, 1.54) is 5.56 Å². The van der Waals surface area contributed by atoms with Gasteiger partial charge in [-0.05, 0) is 36.3 Å². The summed E-state index contributed by atoms with van der Waals surface area (Å²) >= 11 is 5.15. The molecule has 0 aliphatic heterocycles. The first-order chi connectivity index (χ1) is 9.28. The van der Waals surface area contributed by atoms with Gasteiger partial charge in [0.2, 0.25) is 5.95 Å². The Balaban J connectivity index is 1.72. The van der Waals surface area contributed by atoms with Crippen LogP contribution in [0.15, 0.2) is 36.7 Å². The van der Waals surface area contributed by atoms with Gasteiger partial charge in [-0.3, -0.25) is 0 Å². The molecule has 100 valence electrons. The minimum absolute atomic E-state index is 0.559. The molecule has 2 rings (SSSR count). The van der Waals surface area contributed by atoms with Crippen LogP contribution >= 0.6 is 12.2 Å². The minimum atomic E-state index is 0.559. The molecule has 1 aromatic heterocycles. The fourth-order valence-electron chi connectivity index (χ4n) is 1.60. The van der Waals surface area contributed by atoms with Crippen molar-refractivity contribution < 1.29 is 4.74 Å². The molecule has 0 radical (unpaired) electrons. The molecular weight excluding hydrogens is 260 g/mol. The molecule has 2 aromatic rings. The fraction of sp³-hybridized carbons (Fsp3) is 0.231. The van der Waals surface area contributed by atoms with Crippen LogP contribution in [-0.4, -0.2) is 28.7 Å². The van der Waals surface area contributed by atoms with Crippen LogP contribution in [0.5, 0.6) is 5.75 Å². The van der Waals surface area contributed by atoms with Gasteiger partial charge in [-0.25, -0.2) is 4.98 Å². The monoisotopic (exact) mass is 276 g/mol. The van der Waals surface area contributed by atoms with Crippen LogP contribution in [-0.2, 0) is 6.42 Å². The Kier molecular flexibility index (Phi) is 4.74. The quantitative estimate of drug-likeness (QED) is 0.729. The molecular formula is C13H16N4OS. The van der Waals surface area contributed by atoms with Gasteiger partial charge in [0.1, 0.15) is 5.75 Å². The van der Waals surface area contributed by atoms with Crippen molar-refractivity contribution in [3.63, 3.8) is 0 Å². The number of imidazole rings is 1. The lowest BCUT2D eigenvalue weighted by atomic mass is 10.1. The maximum absolute atomic E-state index is 5.15. The minimum Gasteiger partial charge on any atom is -0.497 e. The number of thiocarbonyl (C=S) groups is 1. The fourth-order valence-corrected chi connectivity index (χ4v) is 1.80. The average molecular weight is 276 g/mol. The van der Waals surface area contributed by atoms with Gasteiger partial charge in [-0.15, -0.1) is 0 Å². The third kappa shape index (κ3) is 4.26. The smallest absolute Gasteiger partial charge is 0.206 e. The van der Waals surface area contributed by atoms with Crippen molar-refractivity contribution >= 4 is 23.3 Å². The van der Waals surface area contributed by atoms with Crippen LogP contribution in [0, 0.1) is 0 Å². The summed E-state index contributed by atoms with van der Waals surface area (Å²) in [7, 11) is 1.66. The van der Waals surface area contributed by atoms with Gasteiger partial charge in [-0.2, -0.15) is 0 Å². The number of H-pyrrole nitrogens is 1. The average Bonchev–Trinajstić information content (AvgIpc) is 2.92. The topological polar surface area (TPSA) is 62.0 Å². The zero-order valence-electron chi connectivity index (χ0n) is 10.6. The summed E-state index contributed by atoms with van der Waals surface area (Å²) in [5, 5.41) is 6.65. The molecule has 0 fully saturated rings. The van der Waals surface area contributed by atoms with E-state index in [0.29, 0.717) is 11.1 Å². The zero-order chi connectivity index (χ0) is 13.5. The Bertz CT molecular complexity index is 510. The molecule has 0 aliphatic carbocycles. The summed E-state index contributed by atoms with van der Waals surface area (Å²) in [5.74, 6) is 1.51. The van der Waals surface area contributed by atoms with Crippen LogP contribution in [0.3, 0.4) is 0 Å². The van der Waals surface area contributed by atoms with E-state index in [1.54, 1.807) is 19.5 Å². The molecule has 19 heavy (non-hydrogen) atoms. The highest BCUT2D eigenvalue weighted by molar-refractivity contribution is 7.80. The largest absolute Gasteiger partial charge is 0.497 e. The van der Waals surface area contributed by atoms with Gasteiger partial charge in [-0.1, -0.05) is 12.1 Å². The molecule has 0 saturated heterocycles. The molecule has 1 aromatic carbocycles. The van der Waals surface area contributed by atoms with Gasteiger partial charge in [0, 0.05) is 18.9 Å². The number of hydrogen-bond acceptors (Lipinski definition) is 3. The number of aromatic amines is 1. The van der Waals surface area contributed by atoms with Crippen LogP contribution in [0.1, 0.15) is 5.56 Å². The maximum Gasteiger partial charge on any atom is 0.206 e. The van der Waals surface area contributed by atoms with Gasteiger partial charge < -0.3 is 20.4 Å². The number of methoxy groups -OCH3 is 1. The standard InChI is InChI=1S/C13H16N4OS/c1-18-11-4-2-10(3-5-11)6-7-16-13(19)17-12-14-8-9-15-12/h2-5,8-9H,6-7H2,1H3,(H3,14,15,16,17,19). The van der Waals surface area contributed by atoms with Crippen LogP contribution in [0.2, 0.25) is 0 Å². The lowest BCUT2D eigenvalue weighted by molar-refractivity contribution is 0.414. The highest BCUT2D eigenvalue weighted by Crippen LogP contribution is 2.11. The van der Waals surface area contributed by atoms with Crippen LogP contribution < -0.4 is 15.4 Å². The lowest BCUT2D eigenvalue weighted by Gasteiger charge is -2.08. The van der Waals surface area contributed by atoms with Crippen LogP contribution in [0.4, 0.5) is 5.95 Å². The number of aromatic nitrogens is 2. The van der Waals surface area contributed by atoms with E-state index >= 15 is 0 Å². The van der Waals surface area contributed by atoms with Gasteiger partial charge in [0.15, 0.2) is 5.11 Å². The van der Waals surface area contributed by atoms with Crippen molar-refractivity contribution in [1.82, 2.24) is 15.3 Å². The molecule has 1 heterocycles. The summed E-state index contributed by atoms with van der Waals surface area (Å²) in [6, 6.07) is 8.00. The lowest BCUT2D eigenvalue weighted by Crippen LogP contribution is -2.30. The maximum atomic E-state index is 5.15. The molecule has 5 nitrogen and oxygen atoms in total. The number of rotatable bonds is 5. The molecule has 3 N–H and O–H groups in total. The van der Waals surface area contributed by atoms with E-state index in [9.17, 15) is 0 Å². The number of nitrogens with zero attached hydrogens (tertiary/aromatic N) is 1.